The van der Waals surface area contributed by atoms with Gasteiger partial charge < -0.3 is 10.4 Å². The second-order valence-corrected chi connectivity index (χ2v) is 3.62. The molecule has 0 atom stereocenters. The fourth-order valence-corrected chi connectivity index (χ4v) is 1.21. The number of nitrogens with one attached hydrogen (secondary N) is 1. The number of hydrogen-bond acceptors (Lipinski definition) is 4. The Bertz CT molecular complexity index is 292. The number of rotatable bonds is 3. The lowest BCUT2D eigenvalue weighted by Crippen LogP contribution is -2.26. The van der Waals surface area contributed by atoms with Crippen LogP contribution in [0.5, 0.6) is 0 Å². The third-order valence-corrected chi connectivity index (χ3v) is 2.35. The zero-order valence-corrected chi connectivity index (χ0v) is 7.62. The van der Waals surface area contributed by atoms with Crippen molar-refractivity contribution in [2.24, 2.45) is 0 Å². The Morgan fingerprint density at radius 3 is 2.69 bits per heavy atom. The van der Waals surface area contributed by atoms with Gasteiger partial charge in [0.25, 0.3) is 0 Å². The van der Waals surface area contributed by atoms with Gasteiger partial charge >= 0.3 is 0 Å². The van der Waals surface area contributed by atoms with Gasteiger partial charge in [0.15, 0.2) is 0 Å². The maximum Gasteiger partial charge on any atom is 0.149 e. The van der Waals surface area contributed by atoms with Crippen molar-refractivity contribution in [2.45, 2.75) is 25.3 Å². The van der Waals surface area contributed by atoms with Gasteiger partial charge in [-0.2, -0.15) is 5.10 Å². The second kappa shape index (κ2) is 2.96. The maximum atomic E-state index is 9.06. The number of hydrogen-bond donors (Lipinski definition) is 2. The van der Waals surface area contributed by atoms with Gasteiger partial charge in [-0.15, -0.1) is 5.10 Å². The Hall–Kier alpha value is -1.16. The van der Waals surface area contributed by atoms with Crippen molar-refractivity contribution in [2.75, 3.05) is 11.9 Å². The van der Waals surface area contributed by atoms with Crippen molar-refractivity contribution in [1.82, 2.24) is 10.2 Å². The van der Waals surface area contributed by atoms with Gasteiger partial charge in [-0.3, -0.25) is 0 Å². The molecule has 1 fully saturated rings. The lowest BCUT2D eigenvalue weighted by Gasteiger charge is -2.13. The minimum atomic E-state index is -0.107. The third-order valence-electron chi connectivity index (χ3n) is 2.35. The van der Waals surface area contributed by atoms with E-state index in [-0.39, 0.29) is 12.1 Å². The summed E-state index contributed by atoms with van der Waals surface area (Å²) >= 11 is 0. The molecule has 13 heavy (non-hydrogen) atoms. The summed E-state index contributed by atoms with van der Waals surface area (Å²) in [5.41, 5.74) is 0.795. The first-order chi connectivity index (χ1) is 6.24. The summed E-state index contributed by atoms with van der Waals surface area (Å²) in [5.74, 6) is 0.747. The quantitative estimate of drug-likeness (QED) is 0.718. The molecule has 0 spiro atoms. The van der Waals surface area contributed by atoms with Crippen molar-refractivity contribution in [3.63, 3.8) is 0 Å². The lowest BCUT2D eigenvalue weighted by atomic mass is 10.3. The molecule has 0 bridgehead atoms. The van der Waals surface area contributed by atoms with E-state index in [0.717, 1.165) is 24.4 Å². The molecule has 1 aromatic heterocycles. The molecule has 2 N–H and O–H groups in total. The van der Waals surface area contributed by atoms with Gasteiger partial charge in [-0.1, -0.05) is 0 Å². The Labute approximate surface area is 77.0 Å². The van der Waals surface area contributed by atoms with E-state index in [1.54, 1.807) is 0 Å². The van der Waals surface area contributed by atoms with Crippen LogP contribution in [0.1, 0.15) is 18.5 Å². The van der Waals surface area contributed by atoms with Crippen LogP contribution in [0.15, 0.2) is 12.1 Å². The standard InChI is InChI=1S/C9H13N3O/c1-7-2-3-8(12-11-7)10-9(6-13)4-5-9/h2-3,13H,4-6H2,1H3,(H,10,12). The highest BCUT2D eigenvalue weighted by Gasteiger charge is 2.42. The molecule has 4 heteroatoms. The maximum absolute atomic E-state index is 9.06. The van der Waals surface area contributed by atoms with Crippen LogP contribution in [0.2, 0.25) is 0 Å². The van der Waals surface area contributed by atoms with Crippen LogP contribution in [0.3, 0.4) is 0 Å². The normalized spacial score (nSPS) is 18.3. The lowest BCUT2D eigenvalue weighted by molar-refractivity contribution is 0.266. The van der Waals surface area contributed by atoms with Crippen molar-refractivity contribution in [3.8, 4) is 0 Å². The highest BCUT2D eigenvalue weighted by molar-refractivity contribution is 5.39. The number of nitrogens with zero attached hydrogens (tertiary/aromatic N) is 2. The van der Waals surface area contributed by atoms with E-state index < -0.39 is 0 Å². The fourth-order valence-electron chi connectivity index (χ4n) is 1.21. The molecular formula is C9H13N3O. The summed E-state index contributed by atoms with van der Waals surface area (Å²) < 4.78 is 0. The number of aliphatic hydroxyl groups is 1. The van der Waals surface area contributed by atoms with Crippen LogP contribution >= 0.6 is 0 Å². The SMILES string of the molecule is Cc1ccc(NC2(CO)CC2)nn1. The molecule has 0 unspecified atom stereocenters. The Morgan fingerprint density at radius 2 is 2.23 bits per heavy atom. The van der Waals surface area contributed by atoms with Gasteiger partial charge in [0.2, 0.25) is 0 Å². The monoisotopic (exact) mass is 179 g/mol. The van der Waals surface area contributed by atoms with Gasteiger partial charge in [0.1, 0.15) is 5.82 Å². The average Bonchev–Trinajstić information content (AvgIpc) is 2.90. The number of anilines is 1. The molecule has 0 aliphatic heterocycles. The number of aromatic nitrogens is 2. The molecule has 70 valence electrons. The van der Waals surface area contributed by atoms with Crippen LogP contribution < -0.4 is 5.32 Å². The summed E-state index contributed by atoms with van der Waals surface area (Å²) in [6, 6.07) is 3.79. The third kappa shape index (κ3) is 1.78. The van der Waals surface area contributed by atoms with Gasteiger partial charge in [0, 0.05) is 0 Å². The summed E-state index contributed by atoms with van der Waals surface area (Å²) in [4.78, 5) is 0. The molecule has 0 aromatic carbocycles. The second-order valence-electron chi connectivity index (χ2n) is 3.62. The summed E-state index contributed by atoms with van der Waals surface area (Å²) in [5, 5.41) is 20.2. The molecule has 0 amide bonds. The van der Waals surface area contributed by atoms with Gasteiger partial charge in [-0.25, -0.2) is 0 Å². The molecule has 1 aromatic rings. The number of aliphatic hydroxyl groups excluding tert-OH is 1. The average molecular weight is 179 g/mol. The van der Waals surface area contributed by atoms with Crippen molar-refractivity contribution in [3.05, 3.63) is 17.8 Å². The topological polar surface area (TPSA) is 58.0 Å². The van der Waals surface area contributed by atoms with Crippen LogP contribution in [-0.2, 0) is 0 Å². The molecule has 1 heterocycles. The van der Waals surface area contributed by atoms with E-state index in [2.05, 4.69) is 15.5 Å². The van der Waals surface area contributed by atoms with Crippen LogP contribution in [0.4, 0.5) is 5.82 Å². The highest BCUT2D eigenvalue weighted by Crippen LogP contribution is 2.37. The van der Waals surface area contributed by atoms with Gasteiger partial charge in [-0.05, 0) is 31.9 Å². The molecule has 1 aliphatic carbocycles. The van der Waals surface area contributed by atoms with E-state index in [1.165, 1.54) is 0 Å². The van der Waals surface area contributed by atoms with Crippen molar-refractivity contribution >= 4 is 5.82 Å². The Kier molecular flexibility index (Phi) is 1.92. The van der Waals surface area contributed by atoms with Gasteiger partial charge in [0.05, 0.1) is 17.8 Å². The van der Waals surface area contributed by atoms with E-state index in [1.807, 2.05) is 19.1 Å². The van der Waals surface area contributed by atoms with E-state index >= 15 is 0 Å². The predicted octanol–water partition coefficient (Wildman–Crippen LogP) is 0.722. The number of aryl methyl sites for hydroxylation is 1. The zero-order valence-electron chi connectivity index (χ0n) is 7.62. The Morgan fingerprint density at radius 1 is 1.46 bits per heavy atom. The Balaban J connectivity index is 2.06. The fraction of sp³-hybridized carbons (Fsp3) is 0.556. The van der Waals surface area contributed by atoms with E-state index in [0.29, 0.717) is 0 Å². The largest absolute Gasteiger partial charge is 0.394 e. The molecule has 0 radical (unpaired) electrons. The van der Waals surface area contributed by atoms with Crippen molar-refractivity contribution in [1.29, 1.82) is 0 Å². The molecule has 1 aliphatic rings. The zero-order chi connectivity index (χ0) is 9.31. The smallest absolute Gasteiger partial charge is 0.149 e. The first-order valence-electron chi connectivity index (χ1n) is 4.43. The predicted molar refractivity (Wildman–Crippen MR) is 49.4 cm³/mol. The molecular weight excluding hydrogens is 166 g/mol. The van der Waals surface area contributed by atoms with E-state index in [4.69, 9.17) is 5.11 Å². The van der Waals surface area contributed by atoms with Crippen LogP contribution in [0, 0.1) is 6.92 Å². The van der Waals surface area contributed by atoms with Crippen molar-refractivity contribution < 1.29 is 5.11 Å². The first-order valence-corrected chi connectivity index (χ1v) is 4.43. The summed E-state index contributed by atoms with van der Waals surface area (Å²) in [6.07, 6.45) is 2.03. The molecule has 4 nitrogen and oxygen atoms in total. The molecule has 0 saturated heterocycles. The first kappa shape index (κ1) is 8.44. The van der Waals surface area contributed by atoms with Crippen LogP contribution in [-0.4, -0.2) is 27.4 Å². The molecule has 1 saturated carbocycles. The minimum Gasteiger partial charge on any atom is -0.394 e. The summed E-state index contributed by atoms with van der Waals surface area (Å²) in [7, 11) is 0. The highest BCUT2D eigenvalue weighted by atomic mass is 16.3. The van der Waals surface area contributed by atoms with Crippen LogP contribution in [0.25, 0.3) is 0 Å². The van der Waals surface area contributed by atoms with E-state index in [9.17, 15) is 0 Å². The minimum absolute atomic E-state index is 0.107. The summed E-state index contributed by atoms with van der Waals surface area (Å²) in [6.45, 7) is 2.07. The molecule has 2 rings (SSSR count).